The molecule has 3 nitrogen and oxygen atoms in total. The summed E-state index contributed by atoms with van der Waals surface area (Å²) in [5.41, 5.74) is 0.459. The van der Waals surface area contributed by atoms with Crippen LogP contribution in [0.25, 0.3) is 0 Å². The maximum Gasteiger partial charge on any atom is 0.348 e. The van der Waals surface area contributed by atoms with Gasteiger partial charge in [0, 0.05) is 11.4 Å². The summed E-state index contributed by atoms with van der Waals surface area (Å²) in [6.45, 7) is 5.51. The van der Waals surface area contributed by atoms with E-state index in [9.17, 15) is 4.79 Å². The number of ether oxygens (including phenoxy) is 2. The SMILES string of the molecule is CC(C)(C)OC(=O)C1Cc2cc(Cl)ccc2O1. The minimum absolute atomic E-state index is 0.329. The second-order valence-electron chi connectivity index (χ2n) is 5.10. The lowest BCUT2D eigenvalue weighted by molar-refractivity contribution is -0.162. The Morgan fingerprint density at radius 2 is 2.18 bits per heavy atom. The maximum absolute atomic E-state index is 11.8. The van der Waals surface area contributed by atoms with Gasteiger partial charge in [0.2, 0.25) is 0 Å². The Morgan fingerprint density at radius 1 is 1.47 bits per heavy atom. The number of carbonyl (C=O) groups excluding carboxylic acids is 1. The van der Waals surface area contributed by atoms with Crippen LogP contribution in [-0.4, -0.2) is 17.7 Å². The van der Waals surface area contributed by atoms with Gasteiger partial charge in [-0.05, 0) is 44.5 Å². The first-order valence-corrected chi connectivity index (χ1v) is 5.91. The summed E-state index contributed by atoms with van der Waals surface area (Å²) in [7, 11) is 0. The molecule has 0 aromatic heterocycles. The zero-order valence-electron chi connectivity index (χ0n) is 10.1. The molecule has 1 atom stereocenters. The van der Waals surface area contributed by atoms with Crippen LogP contribution in [0.15, 0.2) is 18.2 Å². The molecule has 1 aromatic rings. The van der Waals surface area contributed by atoms with Crippen molar-refractivity contribution in [3.05, 3.63) is 28.8 Å². The van der Waals surface area contributed by atoms with Crippen molar-refractivity contribution in [2.75, 3.05) is 0 Å². The van der Waals surface area contributed by atoms with Gasteiger partial charge in [0.05, 0.1) is 0 Å². The van der Waals surface area contributed by atoms with E-state index in [1.807, 2.05) is 26.8 Å². The Labute approximate surface area is 106 Å². The fraction of sp³-hybridized carbons (Fsp3) is 0.462. The number of carbonyl (C=O) groups is 1. The van der Waals surface area contributed by atoms with Crippen LogP contribution in [0.1, 0.15) is 26.3 Å². The second-order valence-corrected chi connectivity index (χ2v) is 5.53. The molecule has 0 radical (unpaired) electrons. The van der Waals surface area contributed by atoms with Gasteiger partial charge in [-0.25, -0.2) is 4.79 Å². The van der Waals surface area contributed by atoms with E-state index in [0.29, 0.717) is 17.2 Å². The Morgan fingerprint density at radius 3 is 2.82 bits per heavy atom. The Kier molecular flexibility index (Phi) is 3.04. The summed E-state index contributed by atoms with van der Waals surface area (Å²) >= 11 is 5.89. The van der Waals surface area contributed by atoms with Gasteiger partial charge in [0.15, 0.2) is 6.10 Å². The third kappa shape index (κ3) is 2.91. The van der Waals surface area contributed by atoms with Gasteiger partial charge < -0.3 is 9.47 Å². The summed E-state index contributed by atoms with van der Waals surface area (Å²) in [4.78, 5) is 11.8. The number of esters is 1. The van der Waals surface area contributed by atoms with Gasteiger partial charge in [-0.15, -0.1) is 0 Å². The predicted octanol–water partition coefficient (Wildman–Crippen LogP) is 2.99. The van der Waals surface area contributed by atoms with Crippen LogP contribution < -0.4 is 4.74 Å². The molecule has 1 unspecified atom stereocenters. The van der Waals surface area contributed by atoms with Crippen LogP contribution in [0.4, 0.5) is 0 Å². The van der Waals surface area contributed by atoms with E-state index in [0.717, 1.165) is 5.56 Å². The Balaban J connectivity index is 2.07. The molecule has 0 saturated carbocycles. The lowest BCUT2D eigenvalue weighted by atomic mass is 10.1. The predicted molar refractivity (Wildman–Crippen MR) is 65.4 cm³/mol. The lowest BCUT2D eigenvalue weighted by Gasteiger charge is -2.21. The molecule has 0 aliphatic carbocycles. The first kappa shape index (κ1) is 12.2. The molecule has 1 aromatic carbocycles. The monoisotopic (exact) mass is 254 g/mol. The normalized spacial score (nSPS) is 18.5. The molecule has 0 saturated heterocycles. The van der Waals surface area contributed by atoms with Crippen LogP contribution in [0.2, 0.25) is 5.02 Å². The summed E-state index contributed by atoms with van der Waals surface area (Å²) in [5.74, 6) is 0.384. The topological polar surface area (TPSA) is 35.5 Å². The standard InChI is InChI=1S/C13H15ClO3/c1-13(2,3)17-12(15)11-7-8-6-9(14)4-5-10(8)16-11/h4-6,11H,7H2,1-3H3. The molecule has 2 rings (SSSR count). The van der Waals surface area contributed by atoms with Crippen molar-refractivity contribution in [2.45, 2.75) is 38.9 Å². The molecule has 92 valence electrons. The van der Waals surface area contributed by atoms with Crippen molar-refractivity contribution < 1.29 is 14.3 Å². The van der Waals surface area contributed by atoms with Gasteiger partial charge >= 0.3 is 5.97 Å². The summed E-state index contributed by atoms with van der Waals surface area (Å²) in [6, 6.07) is 5.35. The van der Waals surface area contributed by atoms with Crippen molar-refractivity contribution in [3.63, 3.8) is 0 Å². The molecular weight excluding hydrogens is 240 g/mol. The number of benzene rings is 1. The quantitative estimate of drug-likeness (QED) is 0.723. The summed E-state index contributed by atoms with van der Waals surface area (Å²) in [5, 5.41) is 0.650. The largest absolute Gasteiger partial charge is 0.478 e. The van der Waals surface area contributed by atoms with E-state index >= 15 is 0 Å². The highest BCUT2D eigenvalue weighted by atomic mass is 35.5. The van der Waals surface area contributed by atoms with E-state index in [-0.39, 0.29) is 5.97 Å². The Hall–Kier alpha value is -1.22. The van der Waals surface area contributed by atoms with Crippen molar-refractivity contribution in [1.82, 2.24) is 0 Å². The Bertz CT molecular complexity index is 448. The maximum atomic E-state index is 11.8. The summed E-state index contributed by atoms with van der Waals surface area (Å²) in [6.07, 6.45) is -0.0344. The van der Waals surface area contributed by atoms with Crippen LogP contribution >= 0.6 is 11.6 Å². The highest BCUT2D eigenvalue weighted by Crippen LogP contribution is 2.31. The zero-order valence-corrected chi connectivity index (χ0v) is 10.9. The number of halogens is 1. The minimum atomic E-state index is -0.553. The molecule has 0 bridgehead atoms. The van der Waals surface area contributed by atoms with E-state index < -0.39 is 11.7 Å². The molecular formula is C13H15ClO3. The fourth-order valence-electron chi connectivity index (χ4n) is 1.72. The van der Waals surface area contributed by atoms with E-state index in [1.54, 1.807) is 12.1 Å². The highest BCUT2D eigenvalue weighted by Gasteiger charge is 2.32. The van der Waals surface area contributed by atoms with Gasteiger partial charge in [0.1, 0.15) is 11.4 Å². The average Bonchev–Trinajstić information content (AvgIpc) is 2.57. The second kappa shape index (κ2) is 4.22. The number of hydrogen-bond acceptors (Lipinski definition) is 3. The van der Waals surface area contributed by atoms with Gasteiger partial charge in [-0.2, -0.15) is 0 Å². The fourth-order valence-corrected chi connectivity index (χ4v) is 1.91. The number of hydrogen-bond donors (Lipinski definition) is 0. The van der Waals surface area contributed by atoms with Gasteiger partial charge in [-0.1, -0.05) is 11.6 Å². The minimum Gasteiger partial charge on any atom is -0.478 e. The molecule has 1 aliphatic heterocycles. The molecule has 0 amide bonds. The van der Waals surface area contributed by atoms with Crippen molar-refractivity contribution in [1.29, 1.82) is 0 Å². The van der Waals surface area contributed by atoms with Crippen LogP contribution in [0, 0.1) is 0 Å². The first-order valence-electron chi connectivity index (χ1n) is 5.53. The average molecular weight is 255 g/mol. The van der Waals surface area contributed by atoms with E-state index in [2.05, 4.69) is 0 Å². The zero-order chi connectivity index (χ0) is 12.6. The number of rotatable bonds is 1. The molecule has 0 spiro atoms. The third-order valence-electron chi connectivity index (χ3n) is 2.37. The molecule has 0 N–H and O–H groups in total. The number of fused-ring (bicyclic) bond motifs is 1. The van der Waals surface area contributed by atoms with Crippen molar-refractivity contribution in [2.24, 2.45) is 0 Å². The third-order valence-corrected chi connectivity index (χ3v) is 2.60. The molecule has 17 heavy (non-hydrogen) atoms. The van der Waals surface area contributed by atoms with E-state index in [4.69, 9.17) is 21.1 Å². The van der Waals surface area contributed by atoms with Crippen LogP contribution in [0.5, 0.6) is 5.75 Å². The summed E-state index contributed by atoms with van der Waals surface area (Å²) < 4.78 is 10.8. The molecule has 1 aliphatic rings. The molecule has 1 heterocycles. The van der Waals surface area contributed by atoms with Gasteiger partial charge in [-0.3, -0.25) is 0 Å². The first-order chi connectivity index (χ1) is 7.85. The smallest absolute Gasteiger partial charge is 0.348 e. The lowest BCUT2D eigenvalue weighted by Crippen LogP contribution is -2.34. The molecule has 0 fully saturated rings. The molecule has 4 heteroatoms. The van der Waals surface area contributed by atoms with Crippen LogP contribution in [-0.2, 0) is 16.0 Å². The van der Waals surface area contributed by atoms with Crippen LogP contribution in [0.3, 0.4) is 0 Å². The van der Waals surface area contributed by atoms with Crippen molar-refractivity contribution in [3.8, 4) is 5.75 Å². The highest BCUT2D eigenvalue weighted by molar-refractivity contribution is 6.30. The van der Waals surface area contributed by atoms with Crippen molar-refractivity contribution >= 4 is 17.6 Å². The van der Waals surface area contributed by atoms with Gasteiger partial charge in [0.25, 0.3) is 0 Å². The van der Waals surface area contributed by atoms with E-state index in [1.165, 1.54) is 0 Å².